The van der Waals surface area contributed by atoms with Gasteiger partial charge < -0.3 is 5.73 Å². The Hall–Kier alpha value is -3.56. The number of hydrogen-bond donors (Lipinski definition) is 2. The third kappa shape index (κ3) is 3.90. The molecule has 3 N–H and O–H groups in total. The van der Waals surface area contributed by atoms with Crippen molar-refractivity contribution in [1.82, 2.24) is 30.7 Å². The molecule has 3 rings (SSSR count). The molecule has 0 radical (unpaired) electrons. The predicted octanol–water partition coefficient (Wildman–Crippen LogP) is 2.24. The average molecular weight is 382 g/mol. The van der Waals surface area contributed by atoms with E-state index < -0.39 is 5.91 Å². The van der Waals surface area contributed by atoms with E-state index in [0.29, 0.717) is 11.6 Å². The summed E-state index contributed by atoms with van der Waals surface area (Å²) >= 11 is 0. The van der Waals surface area contributed by atoms with E-state index in [-0.39, 0.29) is 23.2 Å². The summed E-state index contributed by atoms with van der Waals surface area (Å²) in [7, 11) is 0. The van der Waals surface area contributed by atoms with E-state index in [2.05, 4.69) is 49.6 Å². The van der Waals surface area contributed by atoms with E-state index >= 15 is 0 Å². The van der Waals surface area contributed by atoms with Crippen molar-refractivity contribution in [2.24, 2.45) is 5.10 Å². The van der Waals surface area contributed by atoms with E-state index in [1.165, 1.54) is 10.2 Å². The number of aromatic nitrogens is 5. The van der Waals surface area contributed by atoms with Crippen LogP contribution in [0.1, 0.15) is 66.8 Å². The molecule has 28 heavy (non-hydrogen) atoms. The monoisotopic (exact) mass is 382 g/mol. The minimum Gasteiger partial charge on any atom is -0.378 e. The van der Waals surface area contributed by atoms with Gasteiger partial charge in [-0.3, -0.25) is 4.79 Å². The number of nitrogen functional groups attached to an aromatic ring is 1. The van der Waals surface area contributed by atoms with Crippen LogP contribution in [-0.2, 0) is 0 Å². The third-order valence-electron chi connectivity index (χ3n) is 4.15. The summed E-state index contributed by atoms with van der Waals surface area (Å²) in [5.74, 6) is 0.127. The zero-order valence-electron chi connectivity index (χ0n) is 16.1. The van der Waals surface area contributed by atoms with Crippen LogP contribution >= 0.6 is 0 Å². The number of nitrogens with zero attached hydrogens (tertiary/aromatic N) is 6. The van der Waals surface area contributed by atoms with Gasteiger partial charge in [0.2, 0.25) is 11.6 Å². The van der Waals surface area contributed by atoms with E-state index in [9.17, 15) is 4.79 Å². The van der Waals surface area contributed by atoms with Gasteiger partial charge in [0.1, 0.15) is 0 Å². The second kappa shape index (κ2) is 7.99. The maximum Gasteiger partial charge on any atom is 0.293 e. The van der Waals surface area contributed by atoms with Crippen LogP contribution in [0.15, 0.2) is 34.0 Å². The molecule has 0 aliphatic heterocycles. The highest BCUT2D eigenvalue weighted by atomic mass is 16.6. The van der Waals surface area contributed by atoms with Crippen LogP contribution in [0.25, 0.3) is 5.82 Å². The Bertz CT molecular complexity index is 985. The number of anilines is 1. The highest BCUT2D eigenvalue weighted by Gasteiger charge is 2.25. The van der Waals surface area contributed by atoms with Crippen molar-refractivity contribution in [3.63, 3.8) is 0 Å². The zero-order chi connectivity index (χ0) is 20.3. The lowest BCUT2D eigenvalue weighted by Crippen LogP contribution is -2.21. The standard InChI is InChI=1S/C18H22N8O2/c1-10(2)13-7-5-12(6-8-13)9-20-22-18(27)14-15(11(3)4)26(25-21-14)17-16(19)23-28-24-17/h5-11H,1-4H3,(H2,19,23)(H,22,27). The van der Waals surface area contributed by atoms with E-state index in [1.807, 2.05) is 38.1 Å². The van der Waals surface area contributed by atoms with Crippen molar-refractivity contribution in [1.29, 1.82) is 0 Å². The van der Waals surface area contributed by atoms with Crippen LogP contribution in [-0.4, -0.2) is 37.4 Å². The summed E-state index contributed by atoms with van der Waals surface area (Å²) in [6.07, 6.45) is 1.57. The number of amides is 1. The molecule has 0 saturated carbocycles. The van der Waals surface area contributed by atoms with Gasteiger partial charge in [0.05, 0.1) is 11.9 Å². The molecule has 1 aromatic carbocycles. The Morgan fingerprint density at radius 3 is 2.46 bits per heavy atom. The number of benzene rings is 1. The smallest absolute Gasteiger partial charge is 0.293 e. The van der Waals surface area contributed by atoms with Crippen molar-refractivity contribution in [3.8, 4) is 5.82 Å². The lowest BCUT2D eigenvalue weighted by molar-refractivity contribution is 0.0948. The first kappa shape index (κ1) is 19.2. The molecule has 0 fully saturated rings. The van der Waals surface area contributed by atoms with Crippen LogP contribution in [0, 0.1) is 0 Å². The van der Waals surface area contributed by atoms with Gasteiger partial charge in [0.25, 0.3) is 5.91 Å². The predicted molar refractivity (Wildman–Crippen MR) is 103 cm³/mol. The fourth-order valence-corrected chi connectivity index (χ4v) is 2.65. The Labute approximate surface area is 161 Å². The number of hydrazone groups is 1. The molecule has 146 valence electrons. The van der Waals surface area contributed by atoms with Crippen LogP contribution in [0.5, 0.6) is 0 Å². The number of carbonyl (C=O) groups is 1. The van der Waals surface area contributed by atoms with E-state index in [4.69, 9.17) is 5.73 Å². The van der Waals surface area contributed by atoms with Gasteiger partial charge in [-0.05, 0) is 33.3 Å². The van der Waals surface area contributed by atoms with Gasteiger partial charge in [-0.2, -0.15) is 9.78 Å². The first-order valence-corrected chi connectivity index (χ1v) is 8.85. The number of hydrogen-bond acceptors (Lipinski definition) is 8. The fourth-order valence-electron chi connectivity index (χ4n) is 2.65. The molecule has 3 aromatic rings. The number of nitrogens with one attached hydrogen (secondary N) is 1. The number of carbonyl (C=O) groups excluding carboxylic acids is 1. The van der Waals surface area contributed by atoms with Gasteiger partial charge in [0, 0.05) is 0 Å². The summed E-state index contributed by atoms with van der Waals surface area (Å²) in [6.45, 7) is 8.06. The normalized spacial score (nSPS) is 11.6. The van der Waals surface area contributed by atoms with Gasteiger partial charge in [-0.1, -0.05) is 57.2 Å². The van der Waals surface area contributed by atoms with E-state index in [1.54, 1.807) is 6.21 Å². The largest absolute Gasteiger partial charge is 0.378 e. The molecule has 0 saturated heterocycles. The number of nitrogens with two attached hydrogens (primary N) is 1. The Morgan fingerprint density at radius 2 is 1.89 bits per heavy atom. The van der Waals surface area contributed by atoms with Crippen LogP contribution in [0.2, 0.25) is 0 Å². The molecule has 0 bridgehead atoms. The Balaban J connectivity index is 1.77. The van der Waals surface area contributed by atoms with Crippen LogP contribution in [0.4, 0.5) is 5.82 Å². The summed E-state index contributed by atoms with van der Waals surface area (Å²) in [5, 5.41) is 19.2. The van der Waals surface area contributed by atoms with Crippen LogP contribution < -0.4 is 11.2 Å². The molecule has 2 aromatic heterocycles. The first-order valence-electron chi connectivity index (χ1n) is 8.85. The zero-order valence-corrected chi connectivity index (χ0v) is 16.1. The summed E-state index contributed by atoms with van der Waals surface area (Å²) in [4.78, 5) is 12.5. The number of rotatable bonds is 6. The highest BCUT2D eigenvalue weighted by Crippen LogP contribution is 2.22. The lowest BCUT2D eigenvalue weighted by atomic mass is 10.0. The quantitative estimate of drug-likeness (QED) is 0.492. The van der Waals surface area contributed by atoms with E-state index in [0.717, 1.165) is 5.56 Å². The SMILES string of the molecule is CC(C)c1ccc(C=NNC(=O)c2nnn(-c3nonc3N)c2C(C)C)cc1. The maximum atomic E-state index is 12.5. The first-order chi connectivity index (χ1) is 13.4. The highest BCUT2D eigenvalue weighted by molar-refractivity contribution is 5.94. The molecular formula is C18H22N8O2. The summed E-state index contributed by atoms with van der Waals surface area (Å²) in [6, 6.07) is 7.96. The van der Waals surface area contributed by atoms with Crippen molar-refractivity contribution in [2.75, 3.05) is 5.73 Å². The summed E-state index contributed by atoms with van der Waals surface area (Å²) in [5.41, 5.74) is 11.0. The Kier molecular flexibility index (Phi) is 5.48. The molecule has 0 unspecified atom stereocenters. The van der Waals surface area contributed by atoms with Gasteiger partial charge in [0.15, 0.2) is 5.69 Å². The van der Waals surface area contributed by atoms with Gasteiger partial charge in [-0.25, -0.2) is 10.1 Å². The minimum atomic E-state index is -0.486. The van der Waals surface area contributed by atoms with Crippen molar-refractivity contribution in [2.45, 2.75) is 39.5 Å². The van der Waals surface area contributed by atoms with Crippen LogP contribution in [0.3, 0.4) is 0 Å². The Morgan fingerprint density at radius 1 is 1.18 bits per heavy atom. The molecule has 0 atom stereocenters. The molecule has 2 heterocycles. The lowest BCUT2D eigenvalue weighted by Gasteiger charge is -2.08. The maximum absolute atomic E-state index is 12.5. The third-order valence-corrected chi connectivity index (χ3v) is 4.15. The minimum absolute atomic E-state index is 0.0571. The molecule has 0 aliphatic rings. The van der Waals surface area contributed by atoms with Crippen molar-refractivity contribution >= 4 is 17.9 Å². The molecular weight excluding hydrogens is 360 g/mol. The molecule has 10 nitrogen and oxygen atoms in total. The van der Waals surface area contributed by atoms with Crippen molar-refractivity contribution in [3.05, 3.63) is 46.8 Å². The molecule has 10 heteroatoms. The van der Waals surface area contributed by atoms with Crippen molar-refractivity contribution < 1.29 is 9.42 Å². The molecule has 1 amide bonds. The topological polar surface area (TPSA) is 137 Å². The second-order valence-corrected chi connectivity index (χ2v) is 6.88. The average Bonchev–Trinajstić information content (AvgIpc) is 3.27. The van der Waals surface area contributed by atoms with Gasteiger partial charge in [-0.15, -0.1) is 5.10 Å². The molecule has 0 aliphatic carbocycles. The second-order valence-electron chi connectivity index (χ2n) is 6.88. The van der Waals surface area contributed by atoms with Gasteiger partial charge >= 0.3 is 0 Å². The summed E-state index contributed by atoms with van der Waals surface area (Å²) < 4.78 is 5.95. The molecule has 0 spiro atoms. The fraction of sp³-hybridized carbons (Fsp3) is 0.333.